The summed E-state index contributed by atoms with van der Waals surface area (Å²) >= 11 is 11.9. The maximum atomic E-state index is 12.4. The number of hydrogen-bond acceptors (Lipinski definition) is 3. The fourth-order valence-corrected chi connectivity index (χ4v) is 2.32. The average Bonchev–Trinajstić information content (AvgIpc) is 2.42. The zero-order chi connectivity index (χ0) is 14.9. The van der Waals surface area contributed by atoms with Crippen molar-refractivity contribution in [3.05, 3.63) is 44.2 Å². The minimum Gasteiger partial charge on any atom is -0.462 e. The number of halogens is 2. The molecule has 0 aliphatic rings. The lowest BCUT2D eigenvalue weighted by atomic mass is 10.1. The first-order valence-corrected chi connectivity index (χ1v) is 6.94. The van der Waals surface area contributed by atoms with Crippen LogP contribution in [0, 0.1) is 0 Å². The molecule has 0 saturated heterocycles. The van der Waals surface area contributed by atoms with Gasteiger partial charge in [0.1, 0.15) is 5.56 Å². The molecule has 0 N–H and O–H groups in total. The van der Waals surface area contributed by atoms with Crippen molar-refractivity contribution >= 4 is 40.1 Å². The molecular weight excluding hydrogens is 301 g/mol. The van der Waals surface area contributed by atoms with Gasteiger partial charge in [-0.05, 0) is 26.0 Å². The van der Waals surface area contributed by atoms with E-state index in [0.717, 1.165) is 0 Å². The number of carbonyl (C=O) groups excluding carboxylic acids is 1. The normalized spacial score (nSPS) is 10.8. The van der Waals surface area contributed by atoms with Crippen LogP contribution in [0.2, 0.25) is 10.0 Å². The second-order valence-corrected chi connectivity index (χ2v) is 4.98. The summed E-state index contributed by atoms with van der Waals surface area (Å²) in [6, 6.07) is 3.11. The standard InChI is InChI=1S/C14H13Cl2NO3/c1-3-17-7-9(14(19)20-4-2)13(18)8-5-10(15)11(16)6-12(8)17/h5-7H,3-4H2,1-2H3. The van der Waals surface area contributed by atoms with Gasteiger partial charge in [0, 0.05) is 18.1 Å². The first-order chi connectivity index (χ1) is 9.49. The SMILES string of the molecule is CCOC(=O)c1cn(CC)c2cc(Cl)c(Cl)cc2c1=O. The van der Waals surface area contributed by atoms with Crippen molar-refractivity contribution in [3.63, 3.8) is 0 Å². The summed E-state index contributed by atoms with van der Waals surface area (Å²) in [7, 11) is 0. The highest BCUT2D eigenvalue weighted by Gasteiger charge is 2.17. The molecule has 0 aliphatic carbocycles. The zero-order valence-corrected chi connectivity index (χ0v) is 12.6. The largest absolute Gasteiger partial charge is 0.462 e. The third-order valence-electron chi connectivity index (χ3n) is 2.96. The first kappa shape index (κ1) is 14.9. The molecule has 6 heteroatoms. The molecule has 106 valence electrons. The van der Waals surface area contributed by atoms with Crippen molar-refractivity contribution in [1.82, 2.24) is 4.57 Å². The van der Waals surface area contributed by atoms with E-state index in [-0.39, 0.29) is 17.2 Å². The Morgan fingerprint density at radius 2 is 1.90 bits per heavy atom. The van der Waals surface area contributed by atoms with Crippen molar-refractivity contribution in [1.29, 1.82) is 0 Å². The summed E-state index contributed by atoms with van der Waals surface area (Å²) in [5, 5.41) is 0.997. The number of rotatable bonds is 3. The van der Waals surface area contributed by atoms with E-state index in [1.165, 1.54) is 12.3 Å². The van der Waals surface area contributed by atoms with E-state index in [1.54, 1.807) is 17.6 Å². The van der Waals surface area contributed by atoms with Crippen molar-refractivity contribution in [3.8, 4) is 0 Å². The molecule has 20 heavy (non-hydrogen) atoms. The molecule has 2 rings (SSSR count). The summed E-state index contributed by atoms with van der Waals surface area (Å²) in [6.07, 6.45) is 1.49. The van der Waals surface area contributed by atoms with Gasteiger partial charge in [0.25, 0.3) is 0 Å². The fraction of sp³-hybridized carbons (Fsp3) is 0.286. The highest BCUT2D eigenvalue weighted by Crippen LogP contribution is 2.26. The maximum absolute atomic E-state index is 12.4. The van der Waals surface area contributed by atoms with Crippen molar-refractivity contribution in [2.75, 3.05) is 6.61 Å². The maximum Gasteiger partial charge on any atom is 0.343 e. The van der Waals surface area contributed by atoms with Crippen LogP contribution in [0.1, 0.15) is 24.2 Å². The first-order valence-electron chi connectivity index (χ1n) is 6.18. The number of esters is 1. The molecule has 0 amide bonds. The van der Waals surface area contributed by atoms with Gasteiger partial charge in [-0.1, -0.05) is 23.2 Å². The zero-order valence-electron chi connectivity index (χ0n) is 11.1. The molecule has 0 unspecified atom stereocenters. The number of carbonyl (C=O) groups is 1. The van der Waals surface area contributed by atoms with E-state index >= 15 is 0 Å². The second kappa shape index (κ2) is 5.85. The van der Waals surface area contributed by atoms with Crippen LogP contribution in [-0.4, -0.2) is 17.1 Å². The van der Waals surface area contributed by atoms with Gasteiger partial charge < -0.3 is 9.30 Å². The van der Waals surface area contributed by atoms with Crippen molar-refractivity contribution in [2.45, 2.75) is 20.4 Å². The molecule has 0 spiro atoms. The van der Waals surface area contributed by atoms with Crippen LogP contribution >= 0.6 is 23.2 Å². The second-order valence-electron chi connectivity index (χ2n) is 4.16. The topological polar surface area (TPSA) is 48.3 Å². The molecule has 0 aliphatic heterocycles. The number of hydrogen-bond donors (Lipinski definition) is 0. The number of aryl methyl sites for hydroxylation is 1. The van der Waals surface area contributed by atoms with Gasteiger partial charge in [-0.25, -0.2) is 4.79 Å². The third kappa shape index (κ3) is 2.53. The highest BCUT2D eigenvalue weighted by molar-refractivity contribution is 6.42. The number of fused-ring (bicyclic) bond motifs is 1. The van der Waals surface area contributed by atoms with Gasteiger partial charge in [-0.3, -0.25) is 4.79 Å². The Balaban J connectivity index is 2.81. The Hall–Kier alpha value is -1.52. The van der Waals surface area contributed by atoms with Crippen molar-refractivity contribution in [2.24, 2.45) is 0 Å². The van der Waals surface area contributed by atoms with E-state index in [2.05, 4.69) is 0 Å². The molecule has 0 radical (unpaired) electrons. The van der Waals surface area contributed by atoms with E-state index in [4.69, 9.17) is 27.9 Å². The molecular formula is C14H13Cl2NO3. The summed E-state index contributed by atoms with van der Waals surface area (Å²) in [5.74, 6) is -0.632. The van der Waals surface area contributed by atoms with Gasteiger partial charge in [-0.15, -0.1) is 0 Å². The lowest BCUT2D eigenvalue weighted by molar-refractivity contribution is 0.0524. The molecule has 0 atom stereocenters. The van der Waals surface area contributed by atoms with Crippen LogP contribution in [0.4, 0.5) is 0 Å². The lowest BCUT2D eigenvalue weighted by Gasteiger charge is -2.12. The summed E-state index contributed by atoms with van der Waals surface area (Å²) in [5.41, 5.74) is 0.237. The summed E-state index contributed by atoms with van der Waals surface area (Å²) in [4.78, 5) is 24.2. The molecule has 0 fully saturated rings. The van der Waals surface area contributed by atoms with Crippen LogP contribution in [0.5, 0.6) is 0 Å². The van der Waals surface area contributed by atoms with E-state index in [1.807, 2.05) is 6.92 Å². The number of aromatic nitrogens is 1. The molecule has 2 aromatic rings. The Bertz CT molecular complexity index is 737. The predicted octanol–water partition coefficient (Wildman–Crippen LogP) is 3.50. The summed E-state index contributed by atoms with van der Waals surface area (Å²) in [6.45, 7) is 4.39. The minimum absolute atomic E-state index is 0.000380. The number of ether oxygens (including phenoxy) is 1. The Labute approximate surface area is 125 Å². The number of nitrogens with zero attached hydrogens (tertiary/aromatic N) is 1. The van der Waals surface area contributed by atoms with Crippen LogP contribution in [0.3, 0.4) is 0 Å². The monoisotopic (exact) mass is 313 g/mol. The Kier molecular flexibility index (Phi) is 4.35. The van der Waals surface area contributed by atoms with Crippen LogP contribution < -0.4 is 5.43 Å². The molecule has 0 saturated carbocycles. The minimum atomic E-state index is -0.632. The predicted molar refractivity (Wildman–Crippen MR) is 79.9 cm³/mol. The highest BCUT2D eigenvalue weighted by atomic mass is 35.5. The molecule has 1 aromatic heterocycles. The van der Waals surface area contributed by atoms with Crippen molar-refractivity contribution < 1.29 is 9.53 Å². The summed E-state index contributed by atoms with van der Waals surface area (Å²) < 4.78 is 6.67. The number of pyridine rings is 1. The molecule has 1 aromatic carbocycles. The van der Waals surface area contributed by atoms with Gasteiger partial charge >= 0.3 is 5.97 Å². The van der Waals surface area contributed by atoms with Gasteiger partial charge in [-0.2, -0.15) is 0 Å². The fourth-order valence-electron chi connectivity index (χ4n) is 2.00. The molecule has 0 bridgehead atoms. The van der Waals surface area contributed by atoms with E-state index in [9.17, 15) is 9.59 Å². The van der Waals surface area contributed by atoms with Gasteiger partial charge in [0.15, 0.2) is 0 Å². The van der Waals surface area contributed by atoms with E-state index in [0.29, 0.717) is 22.5 Å². The lowest BCUT2D eigenvalue weighted by Crippen LogP contribution is -2.20. The average molecular weight is 314 g/mol. The van der Waals surface area contributed by atoms with Gasteiger partial charge in [0.2, 0.25) is 5.43 Å². The van der Waals surface area contributed by atoms with E-state index < -0.39 is 11.4 Å². The number of benzene rings is 1. The Morgan fingerprint density at radius 1 is 1.25 bits per heavy atom. The quantitative estimate of drug-likeness (QED) is 0.815. The van der Waals surface area contributed by atoms with Gasteiger partial charge in [0.05, 0.1) is 22.2 Å². The molecule has 1 heterocycles. The smallest absolute Gasteiger partial charge is 0.343 e. The van der Waals surface area contributed by atoms with Crippen LogP contribution in [-0.2, 0) is 11.3 Å². The molecule has 4 nitrogen and oxygen atoms in total. The van der Waals surface area contributed by atoms with Crippen LogP contribution in [0.15, 0.2) is 23.1 Å². The van der Waals surface area contributed by atoms with Crippen LogP contribution in [0.25, 0.3) is 10.9 Å². The Morgan fingerprint density at radius 3 is 2.50 bits per heavy atom. The third-order valence-corrected chi connectivity index (χ3v) is 3.68.